The zero-order valence-corrected chi connectivity index (χ0v) is 13.6. The molecule has 0 spiro atoms. The highest BCUT2D eigenvalue weighted by molar-refractivity contribution is 5.98. The van der Waals surface area contributed by atoms with Gasteiger partial charge in [0.25, 0.3) is 5.91 Å². The molecule has 4 aromatic rings. The van der Waals surface area contributed by atoms with E-state index in [2.05, 4.69) is 5.32 Å². The van der Waals surface area contributed by atoms with E-state index in [0.29, 0.717) is 11.3 Å². The van der Waals surface area contributed by atoms with Gasteiger partial charge in [-0.05, 0) is 40.6 Å². The molecule has 1 heterocycles. The van der Waals surface area contributed by atoms with Crippen molar-refractivity contribution in [2.24, 2.45) is 0 Å². The predicted octanol–water partition coefficient (Wildman–Crippen LogP) is 4.95. The van der Waals surface area contributed by atoms with Crippen molar-refractivity contribution in [2.75, 3.05) is 0 Å². The van der Waals surface area contributed by atoms with Gasteiger partial charge >= 0.3 is 0 Å². The Balaban J connectivity index is 1.66. The quantitative estimate of drug-likeness (QED) is 0.576. The van der Waals surface area contributed by atoms with Crippen molar-refractivity contribution in [3.8, 4) is 0 Å². The first-order valence-corrected chi connectivity index (χ1v) is 8.19. The van der Waals surface area contributed by atoms with Gasteiger partial charge in [-0.3, -0.25) is 4.79 Å². The summed E-state index contributed by atoms with van der Waals surface area (Å²) >= 11 is 0. The van der Waals surface area contributed by atoms with Crippen LogP contribution >= 0.6 is 0 Å². The molecule has 0 saturated heterocycles. The maximum atomic E-state index is 12.8. The smallest absolute Gasteiger partial charge is 0.252 e. The Labute approximate surface area is 145 Å². The number of amides is 1. The SMILES string of the molecule is O=C(N[C@H](c1ccccc1)c1ccco1)c1ccc2ccccc2c1. The molecule has 3 nitrogen and oxygen atoms in total. The summed E-state index contributed by atoms with van der Waals surface area (Å²) in [6.45, 7) is 0. The topological polar surface area (TPSA) is 42.2 Å². The van der Waals surface area contributed by atoms with E-state index >= 15 is 0 Å². The molecule has 0 saturated carbocycles. The summed E-state index contributed by atoms with van der Waals surface area (Å²) in [4.78, 5) is 12.8. The molecule has 0 radical (unpaired) electrons. The van der Waals surface area contributed by atoms with Gasteiger partial charge in [0.2, 0.25) is 0 Å². The Bertz CT molecular complexity index is 991. The molecule has 25 heavy (non-hydrogen) atoms. The summed E-state index contributed by atoms with van der Waals surface area (Å²) in [5.41, 5.74) is 1.61. The molecule has 1 amide bonds. The fraction of sp³-hybridized carbons (Fsp3) is 0.0455. The first-order chi connectivity index (χ1) is 12.3. The molecule has 0 aliphatic heterocycles. The molecule has 1 N–H and O–H groups in total. The average Bonchev–Trinajstić information content (AvgIpc) is 3.20. The van der Waals surface area contributed by atoms with Crippen molar-refractivity contribution in [1.82, 2.24) is 5.32 Å². The van der Waals surface area contributed by atoms with Crippen molar-refractivity contribution in [1.29, 1.82) is 0 Å². The lowest BCUT2D eigenvalue weighted by Gasteiger charge is -2.17. The fourth-order valence-corrected chi connectivity index (χ4v) is 2.96. The molecule has 3 heteroatoms. The highest BCUT2D eigenvalue weighted by Crippen LogP contribution is 2.23. The summed E-state index contributed by atoms with van der Waals surface area (Å²) in [6.07, 6.45) is 1.62. The van der Waals surface area contributed by atoms with E-state index in [4.69, 9.17) is 4.42 Å². The second kappa shape index (κ2) is 6.65. The third-order valence-electron chi connectivity index (χ3n) is 4.25. The van der Waals surface area contributed by atoms with Crippen LogP contribution in [0.25, 0.3) is 10.8 Å². The maximum absolute atomic E-state index is 12.8. The number of fused-ring (bicyclic) bond motifs is 1. The van der Waals surface area contributed by atoms with E-state index < -0.39 is 0 Å². The molecule has 0 aliphatic rings. The lowest BCUT2D eigenvalue weighted by molar-refractivity contribution is 0.0939. The van der Waals surface area contributed by atoms with Crippen LogP contribution in [-0.4, -0.2) is 5.91 Å². The van der Waals surface area contributed by atoms with Gasteiger partial charge in [-0.2, -0.15) is 0 Å². The summed E-state index contributed by atoms with van der Waals surface area (Å²) in [5, 5.41) is 5.25. The standard InChI is InChI=1S/C22H17NO2/c24-22(19-13-12-16-7-4-5-10-18(16)15-19)23-21(20-11-6-14-25-20)17-8-2-1-3-9-17/h1-15,21H,(H,23,24)/t21-/m1/s1. The number of nitrogens with one attached hydrogen (secondary N) is 1. The molecule has 0 fully saturated rings. The van der Waals surface area contributed by atoms with Crippen LogP contribution in [0.3, 0.4) is 0 Å². The summed E-state index contributed by atoms with van der Waals surface area (Å²) in [7, 11) is 0. The van der Waals surface area contributed by atoms with Gasteiger partial charge in [0.1, 0.15) is 11.8 Å². The number of furan rings is 1. The van der Waals surface area contributed by atoms with Crippen molar-refractivity contribution in [3.05, 3.63) is 108 Å². The molecule has 1 atom stereocenters. The Hall–Kier alpha value is -3.33. The lowest BCUT2D eigenvalue weighted by atomic mass is 10.0. The maximum Gasteiger partial charge on any atom is 0.252 e. The third-order valence-corrected chi connectivity index (χ3v) is 4.25. The van der Waals surface area contributed by atoms with Crippen molar-refractivity contribution in [2.45, 2.75) is 6.04 Å². The average molecular weight is 327 g/mol. The van der Waals surface area contributed by atoms with Crippen LogP contribution < -0.4 is 5.32 Å². The van der Waals surface area contributed by atoms with Gasteiger partial charge in [-0.15, -0.1) is 0 Å². The third kappa shape index (κ3) is 3.17. The Kier molecular flexibility index (Phi) is 4.05. The number of benzene rings is 3. The first-order valence-electron chi connectivity index (χ1n) is 8.19. The number of rotatable bonds is 4. The van der Waals surface area contributed by atoms with Crippen LogP contribution in [0.2, 0.25) is 0 Å². The van der Waals surface area contributed by atoms with Crippen LogP contribution in [0.15, 0.2) is 95.6 Å². The minimum Gasteiger partial charge on any atom is -0.467 e. The van der Waals surface area contributed by atoms with Gasteiger partial charge < -0.3 is 9.73 Å². The molecule has 122 valence electrons. The molecule has 0 aliphatic carbocycles. The van der Waals surface area contributed by atoms with Crippen LogP contribution in [0.1, 0.15) is 27.7 Å². The van der Waals surface area contributed by atoms with Gasteiger partial charge in [0.15, 0.2) is 0 Å². The normalized spacial score (nSPS) is 12.0. The molecule has 4 rings (SSSR count). The van der Waals surface area contributed by atoms with Gasteiger partial charge in [0.05, 0.1) is 6.26 Å². The lowest BCUT2D eigenvalue weighted by Crippen LogP contribution is -2.29. The van der Waals surface area contributed by atoms with Crippen molar-refractivity contribution in [3.63, 3.8) is 0 Å². The van der Waals surface area contributed by atoms with E-state index in [1.807, 2.05) is 84.9 Å². The minimum atomic E-state index is -0.324. The van der Waals surface area contributed by atoms with Crippen LogP contribution in [0.4, 0.5) is 0 Å². The minimum absolute atomic E-state index is 0.129. The van der Waals surface area contributed by atoms with Crippen molar-refractivity contribution < 1.29 is 9.21 Å². The van der Waals surface area contributed by atoms with E-state index in [0.717, 1.165) is 16.3 Å². The Morgan fingerprint density at radius 2 is 1.56 bits per heavy atom. The fourth-order valence-electron chi connectivity index (χ4n) is 2.96. The molecule has 1 aromatic heterocycles. The summed E-state index contributed by atoms with van der Waals surface area (Å²) in [6, 6.07) is 26.9. The zero-order valence-electron chi connectivity index (χ0n) is 13.6. The number of hydrogen-bond donors (Lipinski definition) is 1. The molecule has 3 aromatic carbocycles. The number of carbonyl (C=O) groups is 1. The second-order valence-corrected chi connectivity index (χ2v) is 5.89. The number of hydrogen-bond acceptors (Lipinski definition) is 2. The van der Waals surface area contributed by atoms with E-state index in [9.17, 15) is 4.79 Å². The highest BCUT2D eigenvalue weighted by atomic mass is 16.3. The summed E-state index contributed by atoms with van der Waals surface area (Å²) < 4.78 is 5.54. The van der Waals surface area contributed by atoms with Crippen molar-refractivity contribution >= 4 is 16.7 Å². The Morgan fingerprint density at radius 3 is 2.32 bits per heavy atom. The van der Waals surface area contributed by atoms with Gasteiger partial charge in [-0.1, -0.05) is 60.7 Å². The largest absolute Gasteiger partial charge is 0.467 e. The van der Waals surface area contributed by atoms with Crippen LogP contribution in [-0.2, 0) is 0 Å². The molecule has 0 bridgehead atoms. The predicted molar refractivity (Wildman–Crippen MR) is 98.4 cm³/mol. The van der Waals surface area contributed by atoms with Gasteiger partial charge in [-0.25, -0.2) is 0 Å². The summed E-state index contributed by atoms with van der Waals surface area (Å²) in [5.74, 6) is 0.580. The Morgan fingerprint density at radius 1 is 0.800 bits per heavy atom. The zero-order chi connectivity index (χ0) is 17.1. The van der Waals surface area contributed by atoms with Crippen LogP contribution in [0, 0.1) is 0 Å². The van der Waals surface area contributed by atoms with Crippen LogP contribution in [0.5, 0.6) is 0 Å². The number of carbonyl (C=O) groups excluding carboxylic acids is 1. The second-order valence-electron chi connectivity index (χ2n) is 5.89. The first kappa shape index (κ1) is 15.2. The highest BCUT2D eigenvalue weighted by Gasteiger charge is 2.20. The van der Waals surface area contributed by atoms with E-state index in [-0.39, 0.29) is 11.9 Å². The molecular formula is C22H17NO2. The van der Waals surface area contributed by atoms with E-state index in [1.165, 1.54) is 0 Å². The molecule has 0 unspecified atom stereocenters. The van der Waals surface area contributed by atoms with Gasteiger partial charge in [0, 0.05) is 5.56 Å². The molecular weight excluding hydrogens is 310 g/mol. The monoisotopic (exact) mass is 327 g/mol. The van der Waals surface area contributed by atoms with E-state index in [1.54, 1.807) is 6.26 Å².